The average Bonchev–Trinajstić information content (AvgIpc) is 3.07. The number of aliphatic imine (C=N–C) groups is 1. The van der Waals surface area contributed by atoms with Crippen LogP contribution in [0.1, 0.15) is 33.4 Å². The Labute approximate surface area is 153 Å². The summed E-state index contributed by atoms with van der Waals surface area (Å²) in [5.41, 5.74) is 0.971. The van der Waals surface area contributed by atoms with Gasteiger partial charge in [-0.2, -0.15) is 0 Å². The standard InChI is InChI=1S/C17H31N5O2S/c1-5-18-16(19-7-13-25(23)17(2,3)4)22-10-8-21(9-11-22)14-15-6-12-24-20-15/h6,12H,5,7-11,13-14H2,1-4H3,(H,18,19). The Morgan fingerprint density at radius 2 is 2.08 bits per heavy atom. The summed E-state index contributed by atoms with van der Waals surface area (Å²) in [6.45, 7) is 14.1. The van der Waals surface area contributed by atoms with Gasteiger partial charge in [-0.05, 0) is 27.7 Å². The maximum Gasteiger partial charge on any atom is 0.194 e. The predicted octanol–water partition coefficient (Wildman–Crippen LogP) is 1.30. The normalized spacial score (nSPS) is 18.4. The summed E-state index contributed by atoms with van der Waals surface area (Å²) in [5.74, 6) is 1.53. The van der Waals surface area contributed by atoms with Crippen molar-refractivity contribution >= 4 is 16.8 Å². The zero-order chi connectivity index (χ0) is 18.3. The van der Waals surface area contributed by atoms with Gasteiger partial charge in [0.15, 0.2) is 5.96 Å². The summed E-state index contributed by atoms with van der Waals surface area (Å²) in [6, 6.07) is 1.91. The van der Waals surface area contributed by atoms with Crippen molar-refractivity contribution in [3.63, 3.8) is 0 Å². The van der Waals surface area contributed by atoms with Crippen molar-refractivity contribution in [1.82, 2.24) is 20.3 Å². The first-order chi connectivity index (χ1) is 11.9. The van der Waals surface area contributed by atoms with Gasteiger partial charge in [0.25, 0.3) is 0 Å². The molecule has 0 radical (unpaired) electrons. The molecule has 1 aliphatic rings. The molecule has 2 rings (SSSR count). The third-order valence-electron chi connectivity index (χ3n) is 4.10. The Kier molecular flexibility index (Phi) is 7.43. The van der Waals surface area contributed by atoms with E-state index in [1.165, 1.54) is 0 Å². The van der Waals surface area contributed by atoms with Gasteiger partial charge in [-0.25, -0.2) is 0 Å². The van der Waals surface area contributed by atoms with Crippen LogP contribution in [0.25, 0.3) is 0 Å². The van der Waals surface area contributed by atoms with E-state index in [0.717, 1.165) is 50.9 Å². The van der Waals surface area contributed by atoms with E-state index in [-0.39, 0.29) is 4.75 Å². The fraction of sp³-hybridized carbons (Fsp3) is 0.765. The molecule has 1 atom stereocenters. The van der Waals surface area contributed by atoms with Crippen molar-refractivity contribution < 1.29 is 8.73 Å². The van der Waals surface area contributed by atoms with E-state index in [9.17, 15) is 4.21 Å². The molecule has 8 heteroatoms. The molecule has 1 saturated heterocycles. The molecule has 142 valence electrons. The van der Waals surface area contributed by atoms with Crippen LogP contribution in [0, 0.1) is 0 Å². The molecule has 2 heterocycles. The third kappa shape index (κ3) is 6.43. The van der Waals surface area contributed by atoms with Gasteiger partial charge >= 0.3 is 0 Å². The lowest BCUT2D eigenvalue weighted by Gasteiger charge is -2.36. The highest BCUT2D eigenvalue weighted by atomic mass is 32.2. The van der Waals surface area contributed by atoms with Crippen molar-refractivity contribution in [1.29, 1.82) is 0 Å². The average molecular weight is 370 g/mol. The van der Waals surface area contributed by atoms with Crippen molar-refractivity contribution in [2.75, 3.05) is 45.0 Å². The molecule has 1 fully saturated rings. The quantitative estimate of drug-likeness (QED) is 0.602. The van der Waals surface area contributed by atoms with Crippen LogP contribution in [-0.4, -0.2) is 74.9 Å². The summed E-state index contributed by atoms with van der Waals surface area (Å²) >= 11 is 0. The Bertz CT molecular complexity index is 560. The van der Waals surface area contributed by atoms with Crippen molar-refractivity contribution in [3.8, 4) is 0 Å². The highest BCUT2D eigenvalue weighted by Gasteiger charge is 2.21. The molecular weight excluding hydrogens is 338 g/mol. The number of hydrogen-bond acceptors (Lipinski definition) is 5. The van der Waals surface area contributed by atoms with Crippen LogP contribution in [0.5, 0.6) is 0 Å². The minimum absolute atomic E-state index is 0.180. The van der Waals surface area contributed by atoms with E-state index in [0.29, 0.717) is 12.3 Å². The van der Waals surface area contributed by atoms with Gasteiger partial charge in [-0.3, -0.25) is 14.1 Å². The van der Waals surface area contributed by atoms with Gasteiger partial charge < -0.3 is 14.7 Å². The molecule has 25 heavy (non-hydrogen) atoms. The van der Waals surface area contributed by atoms with Gasteiger partial charge in [0.05, 0.1) is 12.2 Å². The number of hydrogen-bond donors (Lipinski definition) is 1. The number of nitrogens with zero attached hydrogens (tertiary/aromatic N) is 4. The first-order valence-corrected chi connectivity index (χ1v) is 10.3. The Morgan fingerprint density at radius 3 is 2.64 bits per heavy atom. The number of rotatable bonds is 6. The highest BCUT2D eigenvalue weighted by molar-refractivity contribution is 7.86. The molecule has 0 saturated carbocycles. The van der Waals surface area contributed by atoms with Crippen LogP contribution < -0.4 is 5.32 Å². The van der Waals surface area contributed by atoms with Gasteiger partial charge in [-0.15, -0.1) is 0 Å². The molecule has 0 amide bonds. The lowest BCUT2D eigenvalue weighted by molar-refractivity contribution is 0.169. The molecule has 0 aromatic carbocycles. The number of aromatic nitrogens is 1. The second-order valence-electron chi connectivity index (χ2n) is 7.15. The molecule has 1 aromatic heterocycles. The van der Waals surface area contributed by atoms with Gasteiger partial charge in [0.1, 0.15) is 6.26 Å². The molecule has 0 spiro atoms. The van der Waals surface area contributed by atoms with E-state index < -0.39 is 10.8 Å². The summed E-state index contributed by atoms with van der Waals surface area (Å²) in [4.78, 5) is 9.33. The predicted molar refractivity (Wildman–Crippen MR) is 102 cm³/mol. The van der Waals surface area contributed by atoms with Crippen LogP contribution >= 0.6 is 0 Å². The van der Waals surface area contributed by atoms with Crippen molar-refractivity contribution in [3.05, 3.63) is 18.0 Å². The van der Waals surface area contributed by atoms with Crippen molar-refractivity contribution in [2.45, 2.75) is 39.0 Å². The van der Waals surface area contributed by atoms with Crippen LogP contribution in [0.4, 0.5) is 0 Å². The summed E-state index contributed by atoms with van der Waals surface area (Å²) in [6.07, 6.45) is 1.61. The molecule has 0 aliphatic carbocycles. The molecule has 1 aliphatic heterocycles. The highest BCUT2D eigenvalue weighted by Crippen LogP contribution is 2.11. The maximum absolute atomic E-state index is 12.2. The lowest BCUT2D eigenvalue weighted by Crippen LogP contribution is -2.52. The monoisotopic (exact) mass is 369 g/mol. The third-order valence-corrected chi connectivity index (χ3v) is 6.02. The van der Waals surface area contributed by atoms with Crippen LogP contribution in [-0.2, 0) is 17.3 Å². The Balaban J connectivity index is 1.84. The summed E-state index contributed by atoms with van der Waals surface area (Å²) in [7, 11) is -0.864. The number of nitrogens with one attached hydrogen (secondary N) is 1. The summed E-state index contributed by atoms with van der Waals surface area (Å²) < 4.78 is 16.9. The summed E-state index contributed by atoms with van der Waals surface area (Å²) in [5, 5.41) is 7.33. The van der Waals surface area contributed by atoms with E-state index in [1.807, 2.05) is 26.8 Å². The van der Waals surface area contributed by atoms with Gasteiger partial charge in [0.2, 0.25) is 0 Å². The SMILES string of the molecule is CCNC(=NCCS(=O)C(C)(C)C)N1CCN(Cc2ccon2)CC1. The smallest absolute Gasteiger partial charge is 0.194 e. The largest absolute Gasteiger partial charge is 0.364 e. The minimum atomic E-state index is -0.864. The van der Waals surface area contributed by atoms with Gasteiger partial charge in [-0.1, -0.05) is 5.16 Å². The first kappa shape index (κ1) is 19.9. The topological polar surface area (TPSA) is 74.0 Å². The van der Waals surface area contributed by atoms with E-state index in [1.54, 1.807) is 6.26 Å². The zero-order valence-electron chi connectivity index (χ0n) is 15.8. The lowest BCUT2D eigenvalue weighted by atomic mass is 10.3. The zero-order valence-corrected chi connectivity index (χ0v) is 16.6. The maximum atomic E-state index is 12.2. The second-order valence-corrected chi connectivity index (χ2v) is 9.48. The van der Waals surface area contributed by atoms with Gasteiger partial charge in [0, 0.05) is 66.6 Å². The second kappa shape index (κ2) is 9.33. The van der Waals surface area contributed by atoms with Crippen LogP contribution in [0.15, 0.2) is 21.8 Å². The Morgan fingerprint density at radius 1 is 1.36 bits per heavy atom. The molecule has 1 aromatic rings. The van der Waals surface area contributed by atoms with Crippen LogP contribution in [0.2, 0.25) is 0 Å². The van der Waals surface area contributed by atoms with E-state index in [2.05, 4.69) is 32.2 Å². The number of piperazine rings is 1. The molecule has 7 nitrogen and oxygen atoms in total. The minimum Gasteiger partial charge on any atom is -0.364 e. The van der Waals surface area contributed by atoms with E-state index in [4.69, 9.17) is 4.52 Å². The van der Waals surface area contributed by atoms with E-state index >= 15 is 0 Å². The van der Waals surface area contributed by atoms with Crippen molar-refractivity contribution in [2.24, 2.45) is 4.99 Å². The molecule has 0 bridgehead atoms. The molecule has 1 N–H and O–H groups in total. The molecular formula is C17H31N5O2S. The Hall–Kier alpha value is -1.41. The first-order valence-electron chi connectivity index (χ1n) is 8.93. The fourth-order valence-corrected chi connectivity index (χ4v) is 3.50. The number of guanidine groups is 1. The molecule has 1 unspecified atom stereocenters. The van der Waals surface area contributed by atoms with Crippen LogP contribution in [0.3, 0.4) is 0 Å². The fourth-order valence-electron chi connectivity index (χ4n) is 2.63.